The average molecular weight is 577 g/mol. The van der Waals surface area contributed by atoms with E-state index in [1.54, 1.807) is 58.5 Å². The van der Waals surface area contributed by atoms with Crippen molar-refractivity contribution < 1.29 is 32.9 Å². The van der Waals surface area contributed by atoms with Crippen LogP contribution in [-0.2, 0) is 23.3 Å². The number of esters is 2. The van der Waals surface area contributed by atoms with E-state index in [0.717, 1.165) is 21.5 Å². The molecule has 4 aromatic carbocycles. The van der Waals surface area contributed by atoms with Crippen LogP contribution in [0.15, 0.2) is 84.9 Å². The molecule has 0 saturated carbocycles. The van der Waals surface area contributed by atoms with Crippen molar-refractivity contribution in [3.63, 3.8) is 0 Å². The molecule has 214 valence electrons. The summed E-state index contributed by atoms with van der Waals surface area (Å²) in [6.07, 6.45) is -2.52. The van der Waals surface area contributed by atoms with E-state index in [1.807, 2.05) is 54.6 Å². The predicted octanol–water partition coefficient (Wildman–Crippen LogP) is 5.74. The molecule has 1 heterocycles. The molecule has 5 rings (SSSR count). The molecule has 0 aromatic heterocycles. The lowest BCUT2D eigenvalue weighted by molar-refractivity contribution is -0.101. The number of hydrogen-bond acceptors (Lipinski definition) is 7. The van der Waals surface area contributed by atoms with Crippen molar-refractivity contribution in [3.8, 4) is 0 Å². The van der Waals surface area contributed by atoms with Crippen LogP contribution in [0.1, 0.15) is 27.1 Å². The van der Waals surface area contributed by atoms with Gasteiger partial charge >= 0.3 is 19.6 Å². The molecule has 3 atom stereocenters. The van der Waals surface area contributed by atoms with Gasteiger partial charge in [-0.05, 0) is 67.9 Å². The highest BCUT2D eigenvalue weighted by Crippen LogP contribution is 2.53. The Morgan fingerprint density at radius 2 is 1.39 bits per heavy atom. The summed E-state index contributed by atoms with van der Waals surface area (Å²) < 4.78 is 40.1. The molecule has 1 saturated heterocycles. The summed E-state index contributed by atoms with van der Waals surface area (Å²) in [6, 6.07) is 25.9. The lowest BCUT2D eigenvalue weighted by Crippen LogP contribution is -2.32. The van der Waals surface area contributed by atoms with E-state index < -0.39 is 38.1 Å². The molecule has 0 N–H and O–H groups in total. The molecule has 0 aliphatic carbocycles. The Hall–Kier alpha value is -3.59. The van der Waals surface area contributed by atoms with Crippen molar-refractivity contribution >= 4 is 41.2 Å². The minimum absolute atomic E-state index is 0.105. The van der Waals surface area contributed by atoms with Crippen LogP contribution < -0.4 is 0 Å². The molecule has 0 bridgehead atoms. The summed E-state index contributed by atoms with van der Waals surface area (Å²) >= 11 is 0. The van der Waals surface area contributed by atoms with E-state index in [9.17, 15) is 14.2 Å². The van der Waals surface area contributed by atoms with Crippen LogP contribution in [0.5, 0.6) is 0 Å². The summed E-state index contributed by atoms with van der Waals surface area (Å²) in [7, 11) is 3.19. The van der Waals surface area contributed by atoms with Gasteiger partial charge in [-0.1, -0.05) is 66.7 Å². The normalized spacial score (nSPS) is 19.2. The molecule has 0 radical (unpaired) electrons. The Balaban J connectivity index is 1.43. The van der Waals surface area contributed by atoms with Crippen LogP contribution in [0.2, 0.25) is 0 Å². The minimum atomic E-state index is -3.42. The highest BCUT2D eigenvalue weighted by Gasteiger charge is 2.44. The molecule has 4 aromatic rings. The maximum absolute atomic E-state index is 13.8. The zero-order valence-corrected chi connectivity index (χ0v) is 24.3. The second-order valence-electron chi connectivity index (χ2n) is 10.2. The summed E-state index contributed by atoms with van der Waals surface area (Å²) in [5.74, 6) is -1.06. The number of hydrogen-bond donors (Lipinski definition) is 0. The highest BCUT2D eigenvalue weighted by molar-refractivity contribution is 7.53. The van der Waals surface area contributed by atoms with Gasteiger partial charge in [-0.15, -0.1) is 0 Å². The largest absolute Gasteiger partial charge is 0.459 e. The summed E-state index contributed by atoms with van der Waals surface area (Å²) in [5, 5.41) is 3.35. The maximum Gasteiger partial charge on any atom is 0.347 e. The molecule has 1 aliphatic heterocycles. The Bertz CT molecular complexity index is 1540. The minimum Gasteiger partial charge on any atom is -0.459 e. The van der Waals surface area contributed by atoms with Gasteiger partial charge < -0.3 is 14.2 Å². The lowest BCUT2D eigenvalue weighted by atomic mass is 9.97. The molecule has 1 aliphatic rings. The van der Waals surface area contributed by atoms with E-state index in [4.69, 9.17) is 18.7 Å². The zero-order valence-electron chi connectivity index (χ0n) is 23.4. The number of carbonyl (C=O) groups is 2. The van der Waals surface area contributed by atoms with Gasteiger partial charge in [0, 0.05) is 6.42 Å². The van der Waals surface area contributed by atoms with Gasteiger partial charge in [0.05, 0.1) is 11.1 Å². The molecule has 41 heavy (non-hydrogen) atoms. The third-order valence-corrected chi connectivity index (χ3v) is 9.59. The van der Waals surface area contributed by atoms with Crippen LogP contribution in [0.25, 0.3) is 21.5 Å². The van der Waals surface area contributed by atoms with E-state index in [2.05, 4.69) is 0 Å². The van der Waals surface area contributed by atoms with Crippen LogP contribution in [-0.4, -0.2) is 74.6 Å². The standard InChI is InChI=1S/C31H33N2O7P/c1-32(2)41(36,33(3)4)40-28-19-26(27(38-28)20-37-30(34)21-12-6-5-7-13-21)39-31(35)29-24-16-10-8-14-22(24)18-23-15-9-11-17-25(23)29/h5-18,26-28H,19-20H2,1-4H3/t26-,27+,28+/m0/s1. The predicted molar refractivity (Wildman–Crippen MR) is 157 cm³/mol. The van der Waals surface area contributed by atoms with Crippen molar-refractivity contribution in [2.24, 2.45) is 0 Å². The molecule has 0 unspecified atom stereocenters. The average Bonchev–Trinajstić information content (AvgIpc) is 3.34. The molecular formula is C31H33N2O7P. The molecule has 0 amide bonds. The lowest BCUT2D eigenvalue weighted by Gasteiger charge is -2.31. The SMILES string of the molecule is CN(C)P(=O)(O[C@@H]1C[C@H](OC(=O)c2c3ccccc3cc3ccccc23)[C@@H](COC(=O)c2ccccc2)O1)N(C)C. The molecule has 10 heteroatoms. The van der Waals surface area contributed by atoms with Gasteiger partial charge in [0.15, 0.2) is 6.29 Å². The van der Waals surface area contributed by atoms with E-state index in [-0.39, 0.29) is 13.0 Å². The zero-order chi connectivity index (χ0) is 29.1. The quantitative estimate of drug-likeness (QED) is 0.140. The topological polar surface area (TPSA) is 94.6 Å². The van der Waals surface area contributed by atoms with Gasteiger partial charge in [-0.3, -0.25) is 9.09 Å². The molecule has 9 nitrogen and oxygen atoms in total. The highest BCUT2D eigenvalue weighted by atomic mass is 31.2. The third kappa shape index (κ3) is 6.05. The first kappa shape index (κ1) is 28.9. The second-order valence-corrected chi connectivity index (χ2v) is 13.0. The van der Waals surface area contributed by atoms with Gasteiger partial charge in [0.25, 0.3) is 0 Å². The summed E-state index contributed by atoms with van der Waals surface area (Å²) in [4.78, 5) is 26.5. The number of rotatable bonds is 9. The Morgan fingerprint density at radius 1 is 0.829 bits per heavy atom. The van der Waals surface area contributed by atoms with Gasteiger partial charge in [-0.25, -0.2) is 18.9 Å². The van der Waals surface area contributed by atoms with Crippen LogP contribution in [0, 0.1) is 0 Å². The number of ether oxygens (including phenoxy) is 3. The van der Waals surface area contributed by atoms with Crippen LogP contribution in [0.3, 0.4) is 0 Å². The van der Waals surface area contributed by atoms with Crippen molar-refractivity contribution in [2.45, 2.75) is 24.9 Å². The summed E-state index contributed by atoms with van der Waals surface area (Å²) in [6.45, 7) is -0.184. The van der Waals surface area contributed by atoms with Gasteiger partial charge in [-0.2, -0.15) is 0 Å². The summed E-state index contributed by atoms with van der Waals surface area (Å²) in [5.41, 5.74) is 0.828. The molecular weight excluding hydrogens is 543 g/mol. The van der Waals surface area contributed by atoms with E-state index >= 15 is 0 Å². The Morgan fingerprint density at radius 3 is 1.98 bits per heavy atom. The Kier molecular flexibility index (Phi) is 8.54. The van der Waals surface area contributed by atoms with Gasteiger partial charge in [0.1, 0.15) is 18.8 Å². The molecule has 0 spiro atoms. The number of nitrogens with zero attached hydrogens (tertiary/aromatic N) is 2. The number of carbonyl (C=O) groups excluding carboxylic acids is 2. The smallest absolute Gasteiger partial charge is 0.347 e. The van der Waals surface area contributed by atoms with Crippen molar-refractivity contribution in [1.82, 2.24) is 9.34 Å². The second kappa shape index (κ2) is 12.1. The Labute approximate surface area is 239 Å². The maximum atomic E-state index is 13.8. The van der Waals surface area contributed by atoms with Crippen molar-refractivity contribution in [2.75, 3.05) is 34.8 Å². The van der Waals surface area contributed by atoms with E-state index in [1.165, 1.54) is 9.34 Å². The fourth-order valence-corrected chi connectivity index (χ4v) is 6.50. The van der Waals surface area contributed by atoms with Crippen molar-refractivity contribution in [1.29, 1.82) is 0 Å². The van der Waals surface area contributed by atoms with Gasteiger partial charge in [0.2, 0.25) is 0 Å². The number of fused-ring (bicyclic) bond motifs is 2. The first-order valence-corrected chi connectivity index (χ1v) is 14.8. The van der Waals surface area contributed by atoms with Crippen molar-refractivity contribution in [3.05, 3.63) is 96.1 Å². The van der Waals surface area contributed by atoms with Crippen LogP contribution >= 0.6 is 7.67 Å². The fourth-order valence-electron chi connectivity index (χ4n) is 4.96. The van der Waals surface area contributed by atoms with E-state index in [0.29, 0.717) is 11.1 Å². The first-order chi connectivity index (χ1) is 19.7. The first-order valence-electron chi connectivity index (χ1n) is 13.3. The fraction of sp³-hybridized carbons (Fsp3) is 0.290. The number of benzene rings is 4. The van der Waals surface area contributed by atoms with Crippen LogP contribution in [0.4, 0.5) is 0 Å². The molecule has 1 fully saturated rings. The monoisotopic (exact) mass is 576 g/mol. The third-order valence-electron chi connectivity index (χ3n) is 7.05.